The Bertz CT molecular complexity index is 389. The summed E-state index contributed by atoms with van der Waals surface area (Å²) in [6.45, 7) is 8.82. The maximum Gasteiger partial charge on any atom is 0.145 e. The van der Waals surface area contributed by atoms with Gasteiger partial charge in [0.15, 0.2) is 0 Å². The molecule has 0 aliphatic heterocycles. The normalized spacial score (nSPS) is 13.2. The van der Waals surface area contributed by atoms with Crippen molar-refractivity contribution in [1.29, 1.82) is 0 Å². The predicted molar refractivity (Wildman–Crippen MR) is 73.5 cm³/mol. The van der Waals surface area contributed by atoms with Gasteiger partial charge in [-0.3, -0.25) is 0 Å². The van der Waals surface area contributed by atoms with Gasteiger partial charge in [-0.25, -0.2) is 15.8 Å². The van der Waals surface area contributed by atoms with Crippen LogP contribution in [0.5, 0.6) is 0 Å². The molecule has 6 heteroatoms. The number of rotatable bonds is 5. The number of aromatic nitrogens is 2. The van der Waals surface area contributed by atoms with Gasteiger partial charge < -0.3 is 15.5 Å². The highest BCUT2D eigenvalue weighted by atomic mass is 16.5. The van der Waals surface area contributed by atoms with Gasteiger partial charge in [0.05, 0.1) is 6.61 Å². The van der Waals surface area contributed by atoms with Crippen molar-refractivity contribution in [3.05, 3.63) is 11.9 Å². The molecule has 0 aliphatic rings. The molecule has 102 valence electrons. The lowest BCUT2D eigenvalue weighted by Crippen LogP contribution is -2.24. The second-order valence-corrected chi connectivity index (χ2v) is 5.36. The van der Waals surface area contributed by atoms with Gasteiger partial charge in [0.2, 0.25) is 0 Å². The summed E-state index contributed by atoms with van der Waals surface area (Å²) in [7, 11) is 1.67. The van der Waals surface area contributed by atoms with Crippen LogP contribution in [-0.4, -0.2) is 29.7 Å². The number of hydrogen-bond donors (Lipinski definition) is 3. The fraction of sp³-hybridized carbons (Fsp3) is 0.667. The highest BCUT2D eigenvalue weighted by molar-refractivity contribution is 5.48. The second kappa shape index (κ2) is 5.97. The van der Waals surface area contributed by atoms with Gasteiger partial charge >= 0.3 is 0 Å². The number of nitrogen functional groups attached to an aromatic ring is 1. The maximum atomic E-state index is 5.43. The van der Waals surface area contributed by atoms with E-state index in [2.05, 4.69) is 41.5 Å². The van der Waals surface area contributed by atoms with E-state index in [1.807, 2.05) is 6.92 Å². The van der Waals surface area contributed by atoms with Gasteiger partial charge in [0.25, 0.3) is 0 Å². The minimum Gasteiger partial charge on any atom is -0.383 e. The van der Waals surface area contributed by atoms with E-state index in [0.29, 0.717) is 12.4 Å². The topological polar surface area (TPSA) is 85.1 Å². The van der Waals surface area contributed by atoms with Crippen LogP contribution in [0.25, 0.3) is 0 Å². The zero-order chi connectivity index (χ0) is 13.8. The van der Waals surface area contributed by atoms with Crippen LogP contribution in [0.4, 0.5) is 11.6 Å². The van der Waals surface area contributed by atoms with Crippen molar-refractivity contribution in [3.63, 3.8) is 0 Å². The minimum absolute atomic E-state index is 0.131. The van der Waals surface area contributed by atoms with Crippen molar-refractivity contribution < 1.29 is 4.74 Å². The largest absolute Gasteiger partial charge is 0.383 e. The number of hydrogen-bond acceptors (Lipinski definition) is 6. The summed E-state index contributed by atoms with van der Waals surface area (Å²) in [5.74, 6) is 7.51. The predicted octanol–water partition coefficient (Wildman–Crippen LogP) is 1.51. The molecule has 1 unspecified atom stereocenters. The van der Waals surface area contributed by atoms with E-state index in [1.54, 1.807) is 13.2 Å². The Morgan fingerprint density at radius 1 is 1.33 bits per heavy atom. The van der Waals surface area contributed by atoms with Crippen molar-refractivity contribution in [1.82, 2.24) is 9.97 Å². The number of hydrazine groups is 1. The van der Waals surface area contributed by atoms with E-state index in [4.69, 9.17) is 10.6 Å². The zero-order valence-electron chi connectivity index (χ0n) is 11.7. The number of nitrogens with two attached hydrogens (primary N) is 1. The third-order valence-corrected chi connectivity index (χ3v) is 2.36. The first-order chi connectivity index (χ1) is 8.36. The first-order valence-electron chi connectivity index (χ1n) is 5.98. The van der Waals surface area contributed by atoms with Crippen LogP contribution in [0, 0.1) is 0 Å². The molecule has 1 rings (SSSR count). The molecule has 4 N–H and O–H groups in total. The molecule has 0 aromatic carbocycles. The number of methoxy groups -OCH3 is 1. The molecule has 18 heavy (non-hydrogen) atoms. The average molecular weight is 253 g/mol. The molecule has 0 bridgehead atoms. The van der Waals surface area contributed by atoms with Gasteiger partial charge in [0, 0.05) is 24.6 Å². The summed E-state index contributed by atoms with van der Waals surface area (Å²) in [4.78, 5) is 8.86. The Balaban J connectivity index is 2.97. The van der Waals surface area contributed by atoms with E-state index in [1.165, 1.54) is 0 Å². The molecule has 1 atom stereocenters. The van der Waals surface area contributed by atoms with Crippen LogP contribution in [0.3, 0.4) is 0 Å². The third kappa shape index (κ3) is 4.12. The molecule has 1 heterocycles. The van der Waals surface area contributed by atoms with Gasteiger partial charge in [-0.05, 0) is 6.92 Å². The molecule has 0 saturated heterocycles. The molecule has 0 amide bonds. The van der Waals surface area contributed by atoms with Gasteiger partial charge in [0.1, 0.15) is 17.5 Å². The Hall–Kier alpha value is -1.40. The lowest BCUT2D eigenvalue weighted by atomic mass is 9.96. The van der Waals surface area contributed by atoms with Gasteiger partial charge in [-0.15, -0.1) is 0 Å². The molecule has 1 aromatic heterocycles. The standard InChI is InChI=1S/C12H23N5O/c1-8(7-18-5)14-9-6-10(17-13)16-11(15-9)12(2,3)4/h6,8H,7,13H2,1-5H3,(H2,14,15,16,17). The smallest absolute Gasteiger partial charge is 0.145 e. The number of nitrogens with one attached hydrogen (secondary N) is 2. The van der Waals surface area contributed by atoms with E-state index in [-0.39, 0.29) is 11.5 Å². The van der Waals surface area contributed by atoms with Gasteiger partial charge in [-0.1, -0.05) is 20.8 Å². The highest BCUT2D eigenvalue weighted by Gasteiger charge is 2.19. The van der Waals surface area contributed by atoms with Crippen molar-refractivity contribution in [2.45, 2.75) is 39.2 Å². The summed E-state index contributed by atoms with van der Waals surface area (Å²) in [5.41, 5.74) is 2.43. The molecule has 6 nitrogen and oxygen atoms in total. The lowest BCUT2D eigenvalue weighted by Gasteiger charge is -2.20. The number of ether oxygens (including phenoxy) is 1. The summed E-state index contributed by atoms with van der Waals surface area (Å²) in [5, 5.41) is 3.26. The van der Waals surface area contributed by atoms with Crippen molar-refractivity contribution >= 4 is 11.6 Å². The Morgan fingerprint density at radius 2 is 1.94 bits per heavy atom. The Labute approximate surface area is 108 Å². The first-order valence-corrected chi connectivity index (χ1v) is 5.98. The molecule has 1 aromatic rings. The average Bonchev–Trinajstić information content (AvgIpc) is 2.27. The fourth-order valence-electron chi connectivity index (χ4n) is 1.47. The summed E-state index contributed by atoms with van der Waals surface area (Å²) in [6, 6.07) is 1.95. The SMILES string of the molecule is COCC(C)Nc1cc(NN)nc(C(C)(C)C)n1. The Morgan fingerprint density at radius 3 is 2.44 bits per heavy atom. The molecule has 0 spiro atoms. The lowest BCUT2D eigenvalue weighted by molar-refractivity contribution is 0.190. The highest BCUT2D eigenvalue weighted by Crippen LogP contribution is 2.22. The van der Waals surface area contributed by atoms with Crippen LogP contribution >= 0.6 is 0 Å². The van der Waals surface area contributed by atoms with Crippen LogP contribution in [0.15, 0.2) is 6.07 Å². The summed E-state index contributed by atoms with van der Waals surface area (Å²) >= 11 is 0. The fourth-order valence-corrected chi connectivity index (χ4v) is 1.47. The van der Waals surface area contributed by atoms with E-state index >= 15 is 0 Å². The molecule has 0 fully saturated rings. The molecule has 0 aliphatic carbocycles. The third-order valence-electron chi connectivity index (χ3n) is 2.36. The molecular formula is C12H23N5O. The summed E-state index contributed by atoms with van der Waals surface area (Å²) < 4.78 is 5.08. The first kappa shape index (κ1) is 14.7. The van der Waals surface area contributed by atoms with Crippen LogP contribution < -0.4 is 16.6 Å². The molecular weight excluding hydrogens is 230 g/mol. The number of nitrogens with zero attached hydrogens (tertiary/aromatic N) is 2. The zero-order valence-corrected chi connectivity index (χ0v) is 11.7. The van der Waals surface area contributed by atoms with Crippen molar-refractivity contribution in [2.75, 3.05) is 24.5 Å². The van der Waals surface area contributed by atoms with Crippen LogP contribution in [0.1, 0.15) is 33.5 Å². The Kier molecular flexibility index (Phi) is 4.86. The van der Waals surface area contributed by atoms with Crippen molar-refractivity contribution in [2.24, 2.45) is 5.84 Å². The molecule has 0 radical (unpaired) electrons. The molecule has 0 saturated carbocycles. The van der Waals surface area contributed by atoms with Gasteiger partial charge in [-0.2, -0.15) is 0 Å². The summed E-state index contributed by atoms with van der Waals surface area (Å²) in [6.07, 6.45) is 0. The maximum absolute atomic E-state index is 5.43. The van der Waals surface area contributed by atoms with E-state index < -0.39 is 0 Å². The van der Waals surface area contributed by atoms with Crippen LogP contribution in [-0.2, 0) is 10.2 Å². The minimum atomic E-state index is -0.131. The number of anilines is 2. The van der Waals surface area contributed by atoms with E-state index in [9.17, 15) is 0 Å². The van der Waals surface area contributed by atoms with Crippen molar-refractivity contribution in [3.8, 4) is 0 Å². The second-order valence-electron chi connectivity index (χ2n) is 5.36. The van der Waals surface area contributed by atoms with E-state index in [0.717, 1.165) is 11.6 Å². The monoisotopic (exact) mass is 253 g/mol. The van der Waals surface area contributed by atoms with Crippen LogP contribution in [0.2, 0.25) is 0 Å². The quantitative estimate of drug-likeness (QED) is 0.545.